The number of carbonyl (C=O) groups excluding carboxylic acids is 1. The maximum atomic E-state index is 14.5. The van der Waals surface area contributed by atoms with Crippen LogP contribution in [0.4, 0.5) is 15.8 Å². The van der Waals surface area contributed by atoms with Gasteiger partial charge in [-0.15, -0.1) is 0 Å². The normalized spacial score (nSPS) is 14.8. The van der Waals surface area contributed by atoms with Gasteiger partial charge in [-0.2, -0.15) is 4.31 Å². The zero-order valence-corrected chi connectivity index (χ0v) is 19.4. The van der Waals surface area contributed by atoms with Gasteiger partial charge >= 0.3 is 0 Å². The molecule has 1 aliphatic heterocycles. The number of hydrogen-bond acceptors (Lipinski definition) is 4. The Morgan fingerprint density at radius 3 is 2.15 bits per heavy atom. The topological polar surface area (TPSA) is 69.7 Å². The molecule has 1 N–H and O–H groups in total. The van der Waals surface area contributed by atoms with Crippen molar-refractivity contribution in [2.75, 3.05) is 36.4 Å². The molecule has 0 saturated carbocycles. The fourth-order valence-electron chi connectivity index (χ4n) is 4.01. The number of carbonyl (C=O) groups is 1. The molecule has 1 saturated heterocycles. The maximum absolute atomic E-state index is 14.5. The van der Waals surface area contributed by atoms with Crippen LogP contribution in [0.2, 0.25) is 0 Å². The highest BCUT2D eigenvalue weighted by molar-refractivity contribution is 7.89. The lowest BCUT2D eigenvalue weighted by Gasteiger charge is -2.35. The monoisotopic (exact) mass is 467 g/mol. The largest absolute Gasteiger partial charge is 0.369 e. The molecule has 0 spiro atoms. The zero-order chi connectivity index (χ0) is 23.6. The van der Waals surface area contributed by atoms with Gasteiger partial charge in [-0.25, -0.2) is 12.8 Å². The zero-order valence-electron chi connectivity index (χ0n) is 18.6. The van der Waals surface area contributed by atoms with E-state index in [0.717, 1.165) is 28.9 Å². The first-order valence-corrected chi connectivity index (χ1v) is 12.2. The average Bonchev–Trinajstić information content (AvgIpc) is 2.82. The Labute approximate surface area is 193 Å². The number of piperazine rings is 1. The van der Waals surface area contributed by atoms with E-state index in [-0.39, 0.29) is 10.5 Å². The van der Waals surface area contributed by atoms with Crippen molar-refractivity contribution in [3.63, 3.8) is 0 Å². The van der Waals surface area contributed by atoms with Crippen molar-refractivity contribution in [3.8, 4) is 0 Å². The Hall–Kier alpha value is -3.23. The van der Waals surface area contributed by atoms with Crippen LogP contribution in [-0.2, 0) is 10.0 Å². The molecule has 1 heterocycles. The molecule has 0 radical (unpaired) electrons. The molecular formula is C25H26FN3O3S. The maximum Gasteiger partial charge on any atom is 0.258 e. The molecule has 0 aliphatic carbocycles. The molecule has 0 unspecified atom stereocenters. The van der Waals surface area contributed by atoms with E-state index < -0.39 is 21.7 Å². The molecular weight excluding hydrogens is 441 g/mol. The van der Waals surface area contributed by atoms with Crippen molar-refractivity contribution in [2.24, 2.45) is 0 Å². The highest BCUT2D eigenvalue weighted by atomic mass is 32.2. The van der Waals surface area contributed by atoms with E-state index in [1.807, 2.05) is 62.4 Å². The van der Waals surface area contributed by atoms with Crippen LogP contribution in [0.1, 0.15) is 21.5 Å². The first-order chi connectivity index (χ1) is 15.8. The van der Waals surface area contributed by atoms with Crippen molar-refractivity contribution in [3.05, 3.63) is 89.2 Å². The van der Waals surface area contributed by atoms with Gasteiger partial charge in [0.2, 0.25) is 10.0 Å². The third-order valence-corrected chi connectivity index (χ3v) is 7.79. The van der Waals surface area contributed by atoms with Gasteiger partial charge in [0.1, 0.15) is 5.82 Å². The third kappa shape index (κ3) is 4.77. The van der Waals surface area contributed by atoms with Gasteiger partial charge in [0.25, 0.3) is 5.91 Å². The molecule has 33 heavy (non-hydrogen) atoms. The molecule has 0 atom stereocenters. The Bertz CT molecular complexity index is 1250. The summed E-state index contributed by atoms with van der Waals surface area (Å²) >= 11 is 0. The molecule has 1 fully saturated rings. The summed E-state index contributed by atoms with van der Waals surface area (Å²) in [6.07, 6.45) is 0. The van der Waals surface area contributed by atoms with E-state index in [4.69, 9.17) is 0 Å². The molecule has 6 nitrogen and oxygen atoms in total. The van der Waals surface area contributed by atoms with Crippen molar-refractivity contribution in [2.45, 2.75) is 18.7 Å². The molecule has 1 amide bonds. The van der Waals surface area contributed by atoms with Crippen LogP contribution >= 0.6 is 0 Å². The molecule has 3 aromatic rings. The summed E-state index contributed by atoms with van der Waals surface area (Å²) in [5.74, 6) is -1.46. The van der Waals surface area contributed by atoms with Gasteiger partial charge in [-0.05, 0) is 55.3 Å². The first kappa shape index (κ1) is 22.9. The number of halogens is 1. The van der Waals surface area contributed by atoms with Crippen LogP contribution in [-0.4, -0.2) is 44.8 Å². The number of nitrogens with zero attached hydrogens (tertiary/aromatic N) is 2. The summed E-state index contributed by atoms with van der Waals surface area (Å²) in [7, 11) is -3.87. The number of para-hydroxylation sites is 2. The van der Waals surface area contributed by atoms with Gasteiger partial charge in [0, 0.05) is 37.6 Å². The number of hydrogen-bond donors (Lipinski definition) is 1. The minimum Gasteiger partial charge on any atom is -0.369 e. The summed E-state index contributed by atoms with van der Waals surface area (Å²) in [6, 6.07) is 18.7. The number of aryl methyl sites for hydroxylation is 2. The van der Waals surface area contributed by atoms with Crippen molar-refractivity contribution < 1.29 is 17.6 Å². The van der Waals surface area contributed by atoms with Crippen molar-refractivity contribution in [1.29, 1.82) is 0 Å². The van der Waals surface area contributed by atoms with Crippen molar-refractivity contribution >= 4 is 27.3 Å². The fourth-order valence-corrected chi connectivity index (χ4v) is 5.45. The quantitative estimate of drug-likeness (QED) is 0.611. The summed E-state index contributed by atoms with van der Waals surface area (Å²) in [4.78, 5) is 14.9. The predicted molar refractivity (Wildman–Crippen MR) is 128 cm³/mol. The number of benzene rings is 3. The molecule has 172 valence electrons. The standard InChI is InChI=1S/C25H26FN3O3S/c1-18-7-6-8-19(2)24(18)27-25(30)22-17-21(11-12-23(22)26)33(31,32)29-15-13-28(14-16-29)20-9-4-3-5-10-20/h3-12,17H,13-16H2,1-2H3,(H,27,30). The van der Waals surface area contributed by atoms with Gasteiger partial charge in [0.15, 0.2) is 0 Å². The summed E-state index contributed by atoms with van der Waals surface area (Å²) < 4.78 is 42.4. The minimum absolute atomic E-state index is 0.0938. The predicted octanol–water partition coefficient (Wildman–Crippen LogP) is 4.21. The molecule has 1 aliphatic rings. The van der Waals surface area contributed by atoms with Gasteiger partial charge in [-0.1, -0.05) is 36.4 Å². The number of amides is 1. The first-order valence-electron chi connectivity index (χ1n) is 10.7. The molecule has 0 aromatic heterocycles. The van der Waals surface area contributed by atoms with E-state index in [2.05, 4.69) is 10.2 Å². The van der Waals surface area contributed by atoms with E-state index in [1.54, 1.807) is 0 Å². The summed E-state index contributed by atoms with van der Waals surface area (Å²) in [6.45, 7) is 5.38. The van der Waals surface area contributed by atoms with Crippen LogP contribution in [0, 0.1) is 19.7 Å². The van der Waals surface area contributed by atoms with Crippen LogP contribution in [0.15, 0.2) is 71.6 Å². The lowest BCUT2D eigenvalue weighted by Crippen LogP contribution is -2.48. The number of nitrogens with one attached hydrogen (secondary N) is 1. The van der Waals surface area contributed by atoms with Gasteiger partial charge in [0.05, 0.1) is 10.5 Å². The van der Waals surface area contributed by atoms with Crippen LogP contribution in [0.3, 0.4) is 0 Å². The average molecular weight is 468 g/mol. The highest BCUT2D eigenvalue weighted by Gasteiger charge is 2.30. The second kappa shape index (κ2) is 9.33. The lowest BCUT2D eigenvalue weighted by atomic mass is 10.1. The molecule has 0 bridgehead atoms. The van der Waals surface area contributed by atoms with E-state index in [0.29, 0.717) is 31.9 Å². The Kier molecular flexibility index (Phi) is 6.49. The van der Waals surface area contributed by atoms with Gasteiger partial charge in [-0.3, -0.25) is 4.79 Å². The summed E-state index contributed by atoms with van der Waals surface area (Å²) in [5, 5.41) is 2.72. The van der Waals surface area contributed by atoms with E-state index in [9.17, 15) is 17.6 Å². The molecule has 8 heteroatoms. The molecule has 4 rings (SSSR count). The van der Waals surface area contributed by atoms with E-state index >= 15 is 0 Å². The minimum atomic E-state index is -3.87. The number of rotatable bonds is 5. The van der Waals surface area contributed by atoms with Crippen molar-refractivity contribution in [1.82, 2.24) is 4.31 Å². The fraction of sp³-hybridized carbons (Fsp3) is 0.240. The van der Waals surface area contributed by atoms with Gasteiger partial charge < -0.3 is 10.2 Å². The number of anilines is 2. The lowest BCUT2D eigenvalue weighted by molar-refractivity contribution is 0.102. The second-order valence-corrected chi connectivity index (χ2v) is 10.0. The Balaban J connectivity index is 1.53. The van der Waals surface area contributed by atoms with E-state index in [1.165, 1.54) is 10.4 Å². The smallest absolute Gasteiger partial charge is 0.258 e. The third-order valence-electron chi connectivity index (χ3n) is 5.90. The number of sulfonamides is 1. The second-order valence-electron chi connectivity index (χ2n) is 8.09. The van der Waals surface area contributed by atoms with Crippen LogP contribution in [0.5, 0.6) is 0 Å². The highest BCUT2D eigenvalue weighted by Crippen LogP contribution is 2.25. The Morgan fingerprint density at radius 2 is 1.52 bits per heavy atom. The van der Waals surface area contributed by atoms with Crippen LogP contribution in [0.25, 0.3) is 0 Å². The molecule has 3 aromatic carbocycles. The SMILES string of the molecule is Cc1cccc(C)c1NC(=O)c1cc(S(=O)(=O)N2CCN(c3ccccc3)CC2)ccc1F. The Morgan fingerprint density at radius 1 is 0.879 bits per heavy atom. The van der Waals surface area contributed by atoms with Crippen LogP contribution < -0.4 is 10.2 Å². The summed E-state index contributed by atoms with van der Waals surface area (Å²) in [5.41, 5.74) is 3.00.